The number of rotatable bonds is 5. The maximum Gasteiger partial charge on any atom is 0.181 e. The molecule has 22 heavy (non-hydrogen) atoms. The molecule has 2 aromatic heterocycles. The molecule has 0 spiro atoms. The molecule has 2 N–H and O–H groups in total. The van der Waals surface area contributed by atoms with E-state index >= 15 is 0 Å². The Morgan fingerprint density at radius 1 is 1.41 bits per heavy atom. The first-order valence-corrected chi connectivity index (χ1v) is 7.00. The lowest BCUT2D eigenvalue weighted by atomic mass is 10.1. The summed E-state index contributed by atoms with van der Waals surface area (Å²) < 4.78 is 5.49. The van der Waals surface area contributed by atoms with Crippen LogP contribution in [0, 0.1) is 0 Å². The van der Waals surface area contributed by atoms with Crippen molar-refractivity contribution in [1.82, 2.24) is 19.9 Å². The van der Waals surface area contributed by atoms with E-state index in [9.17, 15) is 0 Å². The van der Waals surface area contributed by atoms with E-state index in [4.69, 9.17) is 4.74 Å². The van der Waals surface area contributed by atoms with Crippen molar-refractivity contribution in [3.63, 3.8) is 0 Å². The second kappa shape index (κ2) is 5.85. The van der Waals surface area contributed by atoms with Crippen molar-refractivity contribution in [3.8, 4) is 17.1 Å². The van der Waals surface area contributed by atoms with Crippen LogP contribution in [-0.2, 0) is 0 Å². The Morgan fingerprint density at radius 2 is 2.27 bits per heavy atom. The van der Waals surface area contributed by atoms with E-state index in [1.807, 2.05) is 18.2 Å². The molecule has 0 amide bonds. The second-order valence-corrected chi connectivity index (χ2v) is 4.84. The Hall–Kier alpha value is -2.89. The van der Waals surface area contributed by atoms with E-state index < -0.39 is 0 Å². The summed E-state index contributed by atoms with van der Waals surface area (Å²) >= 11 is 0. The summed E-state index contributed by atoms with van der Waals surface area (Å²) in [7, 11) is 1.64. The number of hydrogen-bond donors (Lipinski definition) is 2. The van der Waals surface area contributed by atoms with Crippen LogP contribution in [0.5, 0.6) is 5.75 Å². The molecule has 0 fully saturated rings. The summed E-state index contributed by atoms with van der Waals surface area (Å²) in [4.78, 5) is 15.8. The largest absolute Gasteiger partial charge is 0.496 e. The molecule has 0 aliphatic heterocycles. The molecular weight excluding hydrogens is 278 g/mol. The highest BCUT2D eigenvalue weighted by molar-refractivity contribution is 5.78. The summed E-state index contributed by atoms with van der Waals surface area (Å²) in [6.07, 6.45) is 4.05. The number of nitrogens with one attached hydrogen (secondary N) is 2. The van der Waals surface area contributed by atoms with Gasteiger partial charge in [-0.1, -0.05) is 13.5 Å². The van der Waals surface area contributed by atoms with Gasteiger partial charge in [0.2, 0.25) is 0 Å². The number of H-pyrrole nitrogens is 1. The van der Waals surface area contributed by atoms with E-state index in [-0.39, 0.29) is 0 Å². The SMILES string of the molecule is C=C(CC)Nc1ccc(-c2nc3ncncc3[nH]2)c(OC)c1. The van der Waals surface area contributed by atoms with E-state index in [1.165, 1.54) is 6.33 Å². The molecule has 0 aliphatic carbocycles. The molecule has 3 rings (SSSR count). The molecule has 0 aliphatic rings. The van der Waals surface area contributed by atoms with Gasteiger partial charge in [0, 0.05) is 17.5 Å². The van der Waals surface area contributed by atoms with Crippen LogP contribution in [0.15, 0.2) is 43.0 Å². The normalized spacial score (nSPS) is 10.6. The molecule has 0 unspecified atom stereocenters. The molecule has 6 heteroatoms. The molecule has 1 aromatic carbocycles. The Balaban J connectivity index is 2.01. The fourth-order valence-electron chi connectivity index (χ4n) is 2.15. The number of allylic oxidation sites excluding steroid dienone is 1. The van der Waals surface area contributed by atoms with Gasteiger partial charge in [-0.25, -0.2) is 15.0 Å². The Labute approximate surface area is 128 Å². The molecule has 0 radical (unpaired) electrons. The number of aromatic nitrogens is 4. The van der Waals surface area contributed by atoms with Crippen molar-refractivity contribution in [2.45, 2.75) is 13.3 Å². The summed E-state index contributed by atoms with van der Waals surface area (Å²) in [5.41, 5.74) is 4.18. The molecule has 3 aromatic rings. The molecule has 0 saturated heterocycles. The smallest absolute Gasteiger partial charge is 0.181 e. The van der Waals surface area contributed by atoms with Crippen LogP contribution in [-0.4, -0.2) is 27.0 Å². The van der Waals surface area contributed by atoms with Crippen LogP contribution in [0.2, 0.25) is 0 Å². The molecule has 112 valence electrons. The number of benzene rings is 1. The third-order valence-electron chi connectivity index (χ3n) is 3.37. The fourth-order valence-corrected chi connectivity index (χ4v) is 2.15. The zero-order chi connectivity index (χ0) is 15.5. The molecular formula is C16H17N5O. The quantitative estimate of drug-likeness (QED) is 0.754. The first-order chi connectivity index (χ1) is 10.7. The lowest BCUT2D eigenvalue weighted by Crippen LogP contribution is -1.98. The standard InChI is InChI=1S/C16H17N5O/c1-4-10(2)19-11-5-6-12(14(7-11)22-3)15-20-13-8-17-9-18-16(13)21-15/h5-9,19H,2,4H2,1,3H3,(H,17,18,20,21). The monoisotopic (exact) mass is 295 g/mol. The van der Waals surface area contributed by atoms with Gasteiger partial charge in [-0.2, -0.15) is 0 Å². The highest BCUT2D eigenvalue weighted by atomic mass is 16.5. The van der Waals surface area contributed by atoms with Crippen molar-refractivity contribution >= 4 is 16.9 Å². The van der Waals surface area contributed by atoms with E-state index in [0.29, 0.717) is 11.5 Å². The van der Waals surface area contributed by atoms with Crippen molar-refractivity contribution < 1.29 is 4.74 Å². The lowest BCUT2D eigenvalue weighted by molar-refractivity contribution is 0.416. The van der Waals surface area contributed by atoms with E-state index in [0.717, 1.165) is 34.6 Å². The topological polar surface area (TPSA) is 75.7 Å². The Kier molecular flexibility index (Phi) is 3.74. The average molecular weight is 295 g/mol. The number of aromatic amines is 1. The summed E-state index contributed by atoms with van der Waals surface area (Å²) in [5, 5.41) is 3.24. The Morgan fingerprint density at radius 3 is 3.00 bits per heavy atom. The first kappa shape index (κ1) is 14.1. The zero-order valence-electron chi connectivity index (χ0n) is 12.6. The van der Waals surface area contributed by atoms with Gasteiger partial charge in [-0.05, 0) is 18.6 Å². The van der Waals surface area contributed by atoms with Crippen LogP contribution in [0.3, 0.4) is 0 Å². The number of anilines is 1. The van der Waals surface area contributed by atoms with Gasteiger partial charge in [0.15, 0.2) is 5.65 Å². The molecule has 2 heterocycles. The number of fused-ring (bicyclic) bond motifs is 1. The number of imidazole rings is 1. The molecule has 0 saturated carbocycles. The van der Waals surface area contributed by atoms with Crippen LogP contribution in [0.25, 0.3) is 22.6 Å². The Bertz CT molecular complexity index is 791. The van der Waals surface area contributed by atoms with Gasteiger partial charge in [-0.15, -0.1) is 0 Å². The van der Waals surface area contributed by atoms with Gasteiger partial charge in [-0.3, -0.25) is 0 Å². The highest BCUT2D eigenvalue weighted by Gasteiger charge is 2.12. The average Bonchev–Trinajstić information content (AvgIpc) is 2.98. The molecule has 0 atom stereocenters. The second-order valence-electron chi connectivity index (χ2n) is 4.84. The van der Waals surface area contributed by atoms with Gasteiger partial charge < -0.3 is 15.0 Å². The van der Waals surface area contributed by atoms with Crippen molar-refractivity contribution in [1.29, 1.82) is 0 Å². The third kappa shape index (κ3) is 2.63. The number of nitrogens with zero attached hydrogens (tertiary/aromatic N) is 3. The van der Waals surface area contributed by atoms with Gasteiger partial charge in [0.25, 0.3) is 0 Å². The van der Waals surface area contributed by atoms with Crippen molar-refractivity contribution in [3.05, 3.63) is 43.0 Å². The van der Waals surface area contributed by atoms with Gasteiger partial charge in [0.1, 0.15) is 23.4 Å². The summed E-state index contributed by atoms with van der Waals surface area (Å²) in [5.74, 6) is 1.43. The van der Waals surface area contributed by atoms with E-state index in [1.54, 1.807) is 13.3 Å². The zero-order valence-corrected chi connectivity index (χ0v) is 12.6. The van der Waals surface area contributed by atoms with Crippen molar-refractivity contribution in [2.24, 2.45) is 0 Å². The molecule has 6 nitrogen and oxygen atoms in total. The van der Waals surface area contributed by atoms with Crippen LogP contribution in [0.1, 0.15) is 13.3 Å². The minimum absolute atomic E-state index is 0.633. The fraction of sp³-hybridized carbons (Fsp3) is 0.188. The number of methoxy groups -OCH3 is 1. The van der Waals surface area contributed by atoms with Crippen LogP contribution < -0.4 is 10.1 Å². The van der Waals surface area contributed by atoms with Crippen LogP contribution >= 0.6 is 0 Å². The maximum absolute atomic E-state index is 5.49. The lowest BCUT2D eigenvalue weighted by Gasteiger charge is -2.11. The minimum Gasteiger partial charge on any atom is -0.496 e. The molecule has 0 bridgehead atoms. The highest BCUT2D eigenvalue weighted by Crippen LogP contribution is 2.32. The predicted octanol–water partition coefficient (Wildman–Crippen LogP) is 3.36. The predicted molar refractivity (Wildman–Crippen MR) is 86.7 cm³/mol. The van der Waals surface area contributed by atoms with Gasteiger partial charge in [0.05, 0.1) is 18.9 Å². The summed E-state index contributed by atoms with van der Waals surface area (Å²) in [6, 6.07) is 5.85. The van der Waals surface area contributed by atoms with Crippen molar-refractivity contribution in [2.75, 3.05) is 12.4 Å². The first-order valence-electron chi connectivity index (χ1n) is 7.00. The summed E-state index contributed by atoms with van der Waals surface area (Å²) in [6.45, 7) is 6.00. The third-order valence-corrected chi connectivity index (χ3v) is 3.37. The number of hydrogen-bond acceptors (Lipinski definition) is 5. The van der Waals surface area contributed by atoms with E-state index in [2.05, 4.69) is 38.8 Å². The van der Waals surface area contributed by atoms with Gasteiger partial charge >= 0.3 is 0 Å². The number of ether oxygens (including phenoxy) is 1. The minimum atomic E-state index is 0.633. The maximum atomic E-state index is 5.49. The van der Waals surface area contributed by atoms with Crippen LogP contribution in [0.4, 0.5) is 5.69 Å².